The van der Waals surface area contributed by atoms with Crippen LogP contribution >= 0.6 is 0 Å². The van der Waals surface area contributed by atoms with Gasteiger partial charge in [0.25, 0.3) is 5.91 Å². The van der Waals surface area contributed by atoms with Gasteiger partial charge < -0.3 is 10.4 Å². The molecule has 4 nitrogen and oxygen atoms in total. The van der Waals surface area contributed by atoms with Gasteiger partial charge >= 0.3 is 0 Å². The summed E-state index contributed by atoms with van der Waals surface area (Å²) in [5.74, 6) is -0.222. The number of carbonyl (C=O) groups excluding carboxylic acids is 1. The molecule has 0 aliphatic carbocycles. The lowest BCUT2D eigenvalue weighted by Gasteiger charge is -2.13. The number of nitrogens with zero attached hydrogens (tertiary/aromatic N) is 1. The Labute approximate surface area is 170 Å². The van der Waals surface area contributed by atoms with E-state index in [2.05, 4.69) is 22.4 Å². The number of allylic oxidation sites excluding steroid dienone is 1. The summed E-state index contributed by atoms with van der Waals surface area (Å²) in [6.45, 7) is 0.747. The summed E-state index contributed by atoms with van der Waals surface area (Å²) in [6, 6.07) is 26.9. The first-order valence-corrected chi connectivity index (χ1v) is 9.63. The number of hydrogen-bond donors (Lipinski definition) is 2. The van der Waals surface area contributed by atoms with Crippen molar-refractivity contribution in [2.45, 2.75) is 6.10 Å². The molecule has 1 heterocycles. The molecule has 144 valence electrons. The molecule has 3 aromatic rings. The molecule has 1 atom stereocenters. The van der Waals surface area contributed by atoms with Crippen LogP contribution in [0.15, 0.2) is 96.0 Å². The van der Waals surface area contributed by atoms with Crippen molar-refractivity contribution in [1.29, 1.82) is 0 Å². The third kappa shape index (κ3) is 4.33. The van der Waals surface area contributed by atoms with E-state index in [1.54, 1.807) is 6.07 Å². The molecule has 4 heteroatoms. The van der Waals surface area contributed by atoms with Gasteiger partial charge in [0.15, 0.2) is 0 Å². The average Bonchev–Trinajstić information content (AvgIpc) is 3.28. The fourth-order valence-corrected chi connectivity index (χ4v) is 3.40. The minimum absolute atomic E-state index is 0.148. The minimum atomic E-state index is -0.749. The number of aliphatic imine (C=N–C) groups is 1. The molecule has 1 aliphatic rings. The SMILES string of the molecule is O=C(NC[C@H](O)c1ccccc1)c1ccccc1C1=NCC(c2ccccc2)=C1. The third-order valence-corrected chi connectivity index (χ3v) is 4.96. The van der Waals surface area contributed by atoms with Gasteiger partial charge in [-0.25, -0.2) is 0 Å². The van der Waals surface area contributed by atoms with Crippen LogP contribution < -0.4 is 5.32 Å². The number of carbonyl (C=O) groups is 1. The van der Waals surface area contributed by atoms with Crippen LogP contribution in [0.2, 0.25) is 0 Å². The normalized spacial score (nSPS) is 14.1. The molecule has 4 rings (SSSR count). The summed E-state index contributed by atoms with van der Waals surface area (Å²) in [4.78, 5) is 17.5. The van der Waals surface area contributed by atoms with Gasteiger partial charge in [-0.1, -0.05) is 78.9 Å². The maximum Gasteiger partial charge on any atom is 0.252 e. The van der Waals surface area contributed by atoms with E-state index < -0.39 is 6.10 Å². The Hall–Kier alpha value is -3.50. The molecular weight excluding hydrogens is 360 g/mol. The van der Waals surface area contributed by atoms with Crippen molar-refractivity contribution in [3.63, 3.8) is 0 Å². The highest BCUT2D eigenvalue weighted by molar-refractivity contribution is 6.19. The van der Waals surface area contributed by atoms with Crippen molar-refractivity contribution in [3.05, 3.63) is 113 Å². The molecule has 0 unspecified atom stereocenters. The fourth-order valence-electron chi connectivity index (χ4n) is 3.40. The molecule has 0 aromatic heterocycles. The minimum Gasteiger partial charge on any atom is -0.387 e. The van der Waals surface area contributed by atoms with Crippen molar-refractivity contribution in [1.82, 2.24) is 5.32 Å². The molecule has 0 spiro atoms. The molecule has 0 saturated heterocycles. The molecule has 2 N–H and O–H groups in total. The molecule has 3 aromatic carbocycles. The number of hydrogen-bond acceptors (Lipinski definition) is 3. The second-order valence-corrected chi connectivity index (χ2v) is 6.92. The topological polar surface area (TPSA) is 61.7 Å². The fraction of sp³-hybridized carbons (Fsp3) is 0.120. The zero-order valence-corrected chi connectivity index (χ0v) is 16.0. The predicted molar refractivity (Wildman–Crippen MR) is 116 cm³/mol. The molecule has 0 saturated carbocycles. The van der Waals surface area contributed by atoms with E-state index >= 15 is 0 Å². The molecule has 1 aliphatic heterocycles. The van der Waals surface area contributed by atoms with E-state index in [0.717, 1.165) is 28.0 Å². The molecular formula is C25H22N2O2. The van der Waals surface area contributed by atoms with Crippen LogP contribution in [0.25, 0.3) is 5.57 Å². The van der Waals surface area contributed by atoms with Crippen molar-refractivity contribution in [2.24, 2.45) is 4.99 Å². The van der Waals surface area contributed by atoms with Crippen LogP contribution in [-0.2, 0) is 0 Å². The Bertz CT molecular complexity index is 1060. The lowest BCUT2D eigenvalue weighted by atomic mass is 10.00. The summed E-state index contributed by atoms with van der Waals surface area (Å²) >= 11 is 0. The van der Waals surface area contributed by atoms with Gasteiger partial charge in [-0.2, -0.15) is 0 Å². The van der Waals surface area contributed by atoms with Gasteiger partial charge in [0.05, 0.1) is 18.4 Å². The van der Waals surface area contributed by atoms with Crippen molar-refractivity contribution in [2.75, 3.05) is 13.1 Å². The van der Waals surface area contributed by atoms with Crippen LogP contribution in [0.4, 0.5) is 0 Å². The maximum absolute atomic E-state index is 12.8. The standard InChI is InChI=1S/C25H22N2O2/c28-24(19-11-5-2-6-12-19)17-27-25(29)22-14-8-7-13-21(22)23-15-20(16-26-23)18-9-3-1-4-10-18/h1-15,24,28H,16-17H2,(H,27,29)/t24-/m0/s1. The summed E-state index contributed by atoms with van der Waals surface area (Å²) in [6.07, 6.45) is 1.29. The quantitative estimate of drug-likeness (QED) is 0.676. The first kappa shape index (κ1) is 18.8. The van der Waals surface area contributed by atoms with Crippen molar-refractivity contribution in [3.8, 4) is 0 Å². The van der Waals surface area contributed by atoms with E-state index in [9.17, 15) is 9.90 Å². The molecule has 1 amide bonds. The highest BCUT2D eigenvalue weighted by Crippen LogP contribution is 2.23. The third-order valence-electron chi connectivity index (χ3n) is 4.96. The zero-order valence-electron chi connectivity index (χ0n) is 16.0. The van der Waals surface area contributed by atoms with E-state index in [4.69, 9.17) is 0 Å². The zero-order chi connectivity index (χ0) is 20.1. The van der Waals surface area contributed by atoms with Gasteiger partial charge in [0.1, 0.15) is 0 Å². The maximum atomic E-state index is 12.8. The number of aliphatic hydroxyl groups is 1. The number of benzene rings is 3. The van der Waals surface area contributed by atoms with Gasteiger partial charge in [0.2, 0.25) is 0 Å². The number of rotatable bonds is 6. The second kappa shape index (κ2) is 8.67. The first-order valence-electron chi connectivity index (χ1n) is 9.63. The van der Waals surface area contributed by atoms with Crippen LogP contribution in [0.5, 0.6) is 0 Å². The number of amides is 1. The summed E-state index contributed by atoms with van der Waals surface area (Å²) in [5, 5.41) is 13.1. The smallest absolute Gasteiger partial charge is 0.252 e. The molecule has 0 fully saturated rings. The summed E-state index contributed by atoms with van der Waals surface area (Å²) in [7, 11) is 0. The average molecular weight is 382 g/mol. The number of nitrogens with one attached hydrogen (secondary N) is 1. The van der Waals surface area contributed by atoms with Crippen LogP contribution in [0.1, 0.15) is 33.2 Å². The van der Waals surface area contributed by atoms with E-state index in [1.807, 2.05) is 72.8 Å². The van der Waals surface area contributed by atoms with Gasteiger partial charge in [-0.3, -0.25) is 9.79 Å². The highest BCUT2D eigenvalue weighted by atomic mass is 16.3. The van der Waals surface area contributed by atoms with Crippen molar-refractivity contribution < 1.29 is 9.90 Å². The van der Waals surface area contributed by atoms with Crippen LogP contribution in [-0.4, -0.2) is 29.8 Å². The lowest BCUT2D eigenvalue weighted by Crippen LogP contribution is -2.29. The van der Waals surface area contributed by atoms with Gasteiger partial charge in [-0.05, 0) is 28.8 Å². The largest absolute Gasteiger partial charge is 0.387 e. The summed E-state index contributed by atoms with van der Waals surface area (Å²) < 4.78 is 0. The second-order valence-electron chi connectivity index (χ2n) is 6.92. The van der Waals surface area contributed by atoms with E-state index in [-0.39, 0.29) is 12.5 Å². The van der Waals surface area contributed by atoms with E-state index in [1.165, 1.54) is 0 Å². The highest BCUT2D eigenvalue weighted by Gasteiger charge is 2.18. The summed E-state index contributed by atoms with van der Waals surface area (Å²) in [5.41, 5.74) is 5.20. The predicted octanol–water partition coefficient (Wildman–Crippen LogP) is 4.04. The Morgan fingerprint density at radius 1 is 0.931 bits per heavy atom. The molecule has 29 heavy (non-hydrogen) atoms. The van der Waals surface area contributed by atoms with Gasteiger partial charge in [0, 0.05) is 17.7 Å². The Balaban J connectivity index is 1.50. The Kier molecular flexibility index (Phi) is 5.63. The number of aliphatic hydroxyl groups excluding tert-OH is 1. The van der Waals surface area contributed by atoms with Crippen molar-refractivity contribution >= 4 is 17.2 Å². The molecule has 0 radical (unpaired) electrons. The Morgan fingerprint density at radius 3 is 2.34 bits per heavy atom. The molecule has 0 bridgehead atoms. The Morgan fingerprint density at radius 2 is 1.59 bits per heavy atom. The van der Waals surface area contributed by atoms with Gasteiger partial charge in [-0.15, -0.1) is 0 Å². The van der Waals surface area contributed by atoms with Crippen LogP contribution in [0.3, 0.4) is 0 Å². The monoisotopic (exact) mass is 382 g/mol. The lowest BCUT2D eigenvalue weighted by molar-refractivity contribution is 0.0916. The van der Waals surface area contributed by atoms with Crippen LogP contribution in [0, 0.1) is 0 Å². The van der Waals surface area contributed by atoms with E-state index in [0.29, 0.717) is 12.1 Å². The first-order chi connectivity index (χ1) is 14.2.